The molecule has 1 saturated heterocycles. The Morgan fingerprint density at radius 1 is 0.938 bits per heavy atom. The summed E-state index contributed by atoms with van der Waals surface area (Å²) in [6, 6.07) is 19.3. The number of nitrogens with zero attached hydrogens (tertiary/aromatic N) is 4. The van der Waals surface area contributed by atoms with Crippen LogP contribution in [0, 0.1) is 0 Å². The second kappa shape index (κ2) is 10.2. The number of hydrogen-bond donors (Lipinski definition) is 1. The fourth-order valence-corrected chi connectivity index (χ4v) is 3.67. The zero-order chi connectivity index (χ0) is 22.3. The molecule has 32 heavy (non-hydrogen) atoms. The number of piperazine rings is 1. The maximum Gasteiger partial charge on any atom is 0.228 e. The van der Waals surface area contributed by atoms with Crippen LogP contribution >= 0.6 is 0 Å². The molecule has 2 aromatic carbocycles. The van der Waals surface area contributed by atoms with Crippen LogP contribution in [0.4, 0.5) is 11.5 Å². The average molecular weight is 432 g/mol. The Bertz CT molecular complexity index is 1010. The molecule has 1 N–H and O–H groups in total. The van der Waals surface area contributed by atoms with Crippen molar-refractivity contribution in [3.8, 4) is 17.0 Å². The number of nitrogens with one attached hydrogen (secondary N) is 1. The van der Waals surface area contributed by atoms with Gasteiger partial charge in [0.25, 0.3) is 0 Å². The van der Waals surface area contributed by atoms with Crippen molar-refractivity contribution < 1.29 is 9.53 Å². The van der Waals surface area contributed by atoms with Gasteiger partial charge in [-0.3, -0.25) is 4.79 Å². The second-order valence-electron chi connectivity index (χ2n) is 7.95. The second-order valence-corrected chi connectivity index (χ2v) is 7.95. The monoisotopic (exact) mass is 431 g/mol. The number of amides is 1. The van der Waals surface area contributed by atoms with Gasteiger partial charge < -0.3 is 19.9 Å². The van der Waals surface area contributed by atoms with Crippen LogP contribution in [0.15, 0.2) is 60.7 Å². The Hall–Kier alpha value is -3.45. The van der Waals surface area contributed by atoms with Gasteiger partial charge in [0.1, 0.15) is 5.75 Å². The predicted octanol–water partition coefficient (Wildman–Crippen LogP) is 3.48. The van der Waals surface area contributed by atoms with Crippen LogP contribution in [0.2, 0.25) is 0 Å². The van der Waals surface area contributed by atoms with Crippen LogP contribution in [0.5, 0.6) is 5.75 Å². The molecule has 1 aromatic heterocycles. The topological polar surface area (TPSA) is 70.6 Å². The zero-order valence-electron chi connectivity index (χ0n) is 18.6. The van der Waals surface area contributed by atoms with E-state index in [-0.39, 0.29) is 5.91 Å². The number of rotatable bonds is 7. The van der Waals surface area contributed by atoms with Crippen molar-refractivity contribution in [3.05, 3.63) is 66.2 Å². The van der Waals surface area contributed by atoms with Crippen molar-refractivity contribution in [2.75, 3.05) is 50.1 Å². The summed E-state index contributed by atoms with van der Waals surface area (Å²) in [5.41, 5.74) is 3.48. The van der Waals surface area contributed by atoms with Gasteiger partial charge in [-0.2, -0.15) is 0 Å². The number of benzene rings is 2. The number of hydrogen-bond acceptors (Lipinski definition) is 6. The largest absolute Gasteiger partial charge is 0.494 e. The normalized spacial score (nSPS) is 14.2. The van der Waals surface area contributed by atoms with Crippen molar-refractivity contribution >= 4 is 17.4 Å². The van der Waals surface area contributed by atoms with Gasteiger partial charge in [-0.05, 0) is 55.9 Å². The van der Waals surface area contributed by atoms with Crippen molar-refractivity contribution in [2.45, 2.75) is 13.3 Å². The first-order valence-electron chi connectivity index (χ1n) is 11.0. The predicted molar refractivity (Wildman–Crippen MR) is 127 cm³/mol. The summed E-state index contributed by atoms with van der Waals surface area (Å²) in [7, 11) is 2.14. The third kappa shape index (κ3) is 5.62. The molecule has 4 rings (SSSR count). The van der Waals surface area contributed by atoms with Crippen molar-refractivity contribution in [1.29, 1.82) is 0 Å². The molecule has 7 nitrogen and oxygen atoms in total. The molecule has 0 radical (unpaired) electrons. The fourth-order valence-electron chi connectivity index (χ4n) is 3.67. The van der Waals surface area contributed by atoms with Crippen LogP contribution in [-0.2, 0) is 11.2 Å². The smallest absolute Gasteiger partial charge is 0.228 e. The third-order valence-electron chi connectivity index (χ3n) is 5.54. The standard InChI is InChI=1S/C25H29N5O2/c1-3-32-22-10-4-19(5-11-22)18-25(31)26-21-8-6-20(7-9-21)23-12-13-24(28-27-23)30-16-14-29(2)15-17-30/h4-13H,3,14-18H2,1-2H3,(H,26,31). The quantitative estimate of drug-likeness (QED) is 0.618. The number of anilines is 2. The molecule has 0 unspecified atom stereocenters. The summed E-state index contributed by atoms with van der Waals surface area (Å²) in [6.45, 7) is 6.58. The fraction of sp³-hybridized carbons (Fsp3) is 0.320. The molecule has 0 spiro atoms. The molecule has 7 heteroatoms. The van der Waals surface area contributed by atoms with E-state index in [4.69, 9.17) is 4.74 Å². The minimum Gasteiger partial charge on any atom is -0.494 e. The Kier molecular flexibility index (Phi) is 6.97. The minimum atomic E-state index is -0.0572. The number of aromatic nitrogens is 2. The first-order chi connectivity index (χ1) is 15.6. The first kappa shape index (κ1) is 21.8. The summed E-state index contributed by atoms with van der Waals surface area (Å²) >= 11 is 0. The molecule has 3 aromatic rings. The molecule has 1 fully saturated rings. The van der Waals surface area contributed by atoms with Crippen LogP contribution in [0.1, 0.15) is 12.5 Å². The van der Waals surface area contributed by atoms with Crippen LogP contribution in [0.3, 0.4) is 0 Å². The summed E-state index contributed by atoms with van der Waals surface area (Å²) in [5, 5.41) is 11.8. The molecule has 1 amide bonds. The number of carbonyl (C=O) groups is 1. The Balaban J connectivity index is 1.33. The molecular weight excluding hydrogens is 402 g/mol. The lowest BCUT2D eigenvalue weighted by atomic mass is 10.1. The van der Waals surface area contributed by atoms with Crippen molar-refractivity contribution in [1.82, 2.24) is 15.1 Å². The van der Waals surface area contributed by atoms with Gasteiger partial charge in [-0.1, -0.05) is 24.3 Å². The SMILES string of the molecule is CCOc1ccc(CC(=O)Nc2ccc(-c3ccc(N4CCN(C)CC4)nn3)cc2)cc1. The first-order valence-corrected chi connectivity index (χ1v) is 11.0. The van der Waals surface area contributed by atoms with E-state index in [2.05, 4.69) is 32.4 Å². The molecule has 2 heterocycles. The lowest BCUT2D eigenvalue weighted by Crippen LogP contribution is -2.44. The average Bonchev–Trinajstić information content (AvgIpc) is 2.82. The Morgan fingerprint density at radius 2 is 1.66 bits per heavy atom. The highest BCUT2D eigenvalue weighted by molar-refractivity contribution is 5.92. The van der Waals surface area contributed by atoms with Gasteiger partial charge in [-0.25, -0.2) is 0 Å². The minimum absolute atomic E-state index is 0.0572. The van der Waals surface area contributed by atoms with Gasteiger partial charge in [0.2, 0.25) is 5.91 Å². The molecule has 0 saturated carbocycles. The lowest BCUT2D eigenvalue weighted by Gasteiger charge is -2.32. The van der Waals surface area contributed by atoms with Crippen LogP contribution in [0.25, 0.3) is 11.3 Å². The zero-order valence-corrected chi connectivity index (χ0v) is 18.6. The van der Waals surface area contributed by atoms with Crippen molar-refractivity contribution in [3.63, 3.8) is 0 Å². The summed E-state index contributed by atoms with van der Waals surface area (Å²) in [4.78, 5) is 17.0. The molecule has 1 aliphatic heterocycles. The summed E-state index contributed by atoms with van der Waals surface area (Å²) in [6.07, 6.45) is 0.313. The third-order valence-corrected chi connectivity index (χ3v) is 5.54. The molecule has 0 bridgehead atoms. The molecular formula is C25H29N5O2. The van der Waals surface area contributed by atoms with E-state index in [1.807, 2.05) is 67.6 Å². The van der Waals surface area contributed by atoms with E-state index >= 15 is 0 Å². The van der Waals surface area contributed by atoms with Gasteiger partial charge in [0.15, 0.2) is 5.82 Å². The molecule has 1 aliphatic rings. The van der Waals surface area contributed by atoms with E-state index in [0.29, 0.717) is 13.0 Å². The summed E-state index contributed by atoms with van der Waals surface area (Å²) < 4.78 is 5.44. The lowest BCUT2D eigenvalue weighted by molar-refractivity contribution is -0.115. The van der Waals surface area contributed by atoms with Gasteiger partial charge in [-0.15, -0.1) is 10.2 Å². The summed E-state index contributed by atoms with van der Waals surface area (Å²) in [5.74, 6) is 1.67. The molecule has 0 aliphatic carbocycles. The molecule has 0 atom stereocenters. The maximum atomic E-state index is 12.4. The highest BCUT2D eigenvalue weighted by Gasteiger charge is 2.15. The van der Waals surface area contributed by atoms with Crippen LogP contribution < -0.4 is 15.0 Å². The number of ether oxygens (including phenoxy) is 1. The van der Waals surface area contributed by atoms with E-state index in [1.165, 1.54) is 0 Å². The highest BCUT2D eigenvalue weighted by atomic mass is 16.5. The van der Waals surface area contributed by atoms with E-state index in [0.717, 1.165) is 60.3 Å². The van der Waals surface area contributed by atoms with Gasteiger partial charge >= 0.3 is 0 Å². The van der Waals surface area contributed by atoms with E-state index in [1.54, 1.807) is 0 Å². The van der Waals surface area contributed by atoms with Crippen molar-refractivity contribution in [2.24, 2.45) is 0 Å². The van der Waals surface area contributed by atoms with Crippen LogP contribution in [-0.4, -0.2) is 60.8 Å². The van der Waals surface area contributed by atoms with Gasteiger partial charge in [0.05, 0.1) is 18.7 Å². The Morgan fingerprint density at radius 3 is 2.28 bits per heavy atom. The van der Waals surface area contributed by atoms with E-state index in [9.17, 15) is 4.79 Å². The van der Waals surface area contributed by atoms with Gasteiger partial charge in [0, 0.05) is 37.4 Å². The highest BCUT2D eigenvalue weighted by Crippen LogP contribution is 2.21. The van der Waals surface area contributed by atoms with E-state index < -0.39 is 0 Å². The number of likely N-dealkylation sites (N-methyl/N-ethyl adjacent to an activating group) is 1. The maximum absolute atomic E-state index is 12.4. The number of carbonyl (C=O) groups excluding carboxylic acids is 1. The Labute approximate surface area is 189 Å². The molecule has 166 valence electrons.